The van der Waals surface area contributed by atoms with Gasteiger partial charge in [0, 0.05) is 12.5 Å². The summed E-state index contributed by atoms with van der Waals surface area (Å²) in [5.41, 5.74) is 0. The summed E-state index contributed by atoms with van der Waals surface area (Å²) in [6.45, 7) is 6.23. The maximum absolute atomic E-state index is 4.31. The van der Waals surface area contributed by atoms with Crippen LogP contribution < -0.4 is 0 Å². The van der Waals surface area contributed by atoms with Gasteiger partial charge < -0.3 is 4.90 Å². The van der Waals surface area contributed by atoms with Crippen molar-refractivity contribution >= 4 is 0 Å². The highest BCUT2D eigenvalue weighted by atomic mass is 15.2. The molecule has 0 unspecified atom stereocenters. The topological polar surface area (TPSA) is 44.8 Å². The first-order valence-corrected chi connectivity index (χ1v) is 7.90. The predicted octanol–water partition coefficient (Wildman–Crippen LogP) is 2.81. The number of likely N-dealkylation sites (tertiary alicyclic amines) is 1. The van der Waals surface area contributed by atoms with Crippen LogP contribution in [0, 0.1) is 11.8 Å². The van der Waals surface area contributed by atoms with E-state index in [1.165, 1.54) is 58.2 Å². The molecule has 1 aliphatic heterocycles. The average molecular weight is 262 g/mol. The summed E-state index contributed by atoms with van der Waals surface area (Å²) in [6.07, 6.45) is 9.88. The second-order valence-electron chi connectivity index (χ2n) is 6.47. The molecule has 2 aliphatic rings. The van der Waals surface area contributed by atoms with Crippen molar-refractivity contribution in [1.82, 2.24) is 20.1 Å². The van der Waals surface area contributed by atoms with Gasteiger partial charge in [0.15, 0.2) is 0 Å². The first kappa shape index (κ1) is 13.1. The number of hydrogen-bond acceptors (Lipinski definition) is 3. The molecule has 4 heteroatoms. The first-order valence-electron chi connectivity index (χ1n) is 7.90. The molecule has 0 bridgehead atoms. The van der Waals surface area contributed by atoms with E-state index in [0.29, 0.717) is 5.92 Å². The van der Waals surface area contributed by atoms with E-state index in [0.717, 1.165) is 17.7 Å². The van der Waals surface area contributed by atoms with Crippen LogP contribution in [0.25, 0.3) is 0 Å². The van der Waals surface area contributed by atoms with Crippen LogP contribution in [-0.4, -0.2) is 39.7 Å². The smallest absolute Gasteiger partial charge is 0.137 e. The molecule has 2 fully saturated rings. The molecule has 2 atom stereocenters. The number of nitrogens with one attached hydrogen (secondary N) is 1. The molecule has 1 aliphatic carbocycles. The molecular formula is C15H26N4. The van der Waals surface area contributed by atoms with Gasteiger partial charge in [-0.15, -0.1) is 0 Å². The summed E-state index contributed by atoms with van der Waals surface area (Å²) in [4.78, 5) is 6.99. The van der Waals surface area contributed by atoms with Gasteiger partial charge in [0.25, 0.3) is 0 Å². The van der Waals surface area contributed by atoms with Crippen molar-refractivity contribution in [3.8, 4) is 0 Å². The van der Waals surface area contributed by atoms with E-state index in [4.69, 9.17) is 0 Å². The molecule has 4 nitrogen and oxygen atoms in total. The van der Waals surface area contributed by atoms with Crippen molar-refractivity contribution in [2.24, 2.45) is 11.8 Å². The zero-order chi connectivity index (χ0) is 13.1. The molecule has 3 rings (SSSR count). The normalized spacial score (nSPS) is 30.6. The van der Waals surface area contributed by atoms with E-state index >= 15 is 0 Å². The lowest BCUT2D eigenvalue weighted by atomic mass is 9.80. The third kappa shape index (κ3) is 3.16. The SMILES string of the molecule is C[C@@H]1CCCC[C@@H]1CN1CCC(c2ncn[nH]2)CC1. The Morgan fingerprint density at radius 2 is 2.00 bits per heavy atom. The third-order valence-corrected chi connectivity index (χ3v) is 5.19. The van der Waals surface area contributed by atoms with Crippen LogP contribution >= 0.6 is 0 Å². The van der Waals surface area contributed by atoms with E-state index < -0.39 is 0 Å². The van der Waals surface area contributed by atoms with Crippen LogP contribution in [0.5, 0.6) is 0 Å². The minimum atomic E-state index is 0.600. The zero-order valence-corrected chi connectivity index (χ0v) is 12.0. The van der Waals surface area contributed by atoms with Crippen molar-refractivity contribution in [1.29, 1.82) is 0 Å². The lowest BCUT2D eigenvalue weighted by Gasteiger charge is -2.37. The number of piperidine rings is 1. The quantitative estimate of drug-likeness (QED) is 0.911. The number of H-pyrrole nitrogens is 1. The predicted molar refractivity (Wildman–Crippen MR) is 75.9 cm³/mol. The van der Waals surface area contributed by atoms with Gasteiger partial charge in [0.05, 0.1) is 0 Å². The van der Waals surface area contributed by atoms with Gasteiger partial charge >= 0.3 is 0 Å². The van der Waals surface area contributed by atoms with Crippen LogP contribution in [0.15, 0.2) is 6.33 Å². The summed E-state index contributed by atoms with van der Waals surface area (Å²) in [5, 5.41) is 7.00. The van der Waals surface area contributed by atoms with E-state index in [1.54, 1.807) is 6.33 Å². The zero-order valence-electron chi connectivity index (χ0n) is 12.0. The van der Waals surface area contributed by atoms with Gasteiger partial charge in [0.1, 0.15) is 12.2 Å². The summed E-state index contributed by atoms with van der Waals surface area (Å²) in [5.74, 6) is 3.56. The molecule has 0 amide bonds. The number of aromatic nitrogens is 3. The standard InChI is InChI=1S/C15H26N4/c1-12-4-2-3-5-14(12)10-19-8-6-13(7-9-19)15-16-11-17-18-15/h11-14H,2-10H2,1H3,(H,16,17,18)/t12-,14-/m1/s1. The summed E-state index contributed by atoms with van der Waals surface area (Å²) >= 11 is 0. The number of aromatic amines is 1. The second-order valence-corrected chi connectivity index (χ2v) is 6.47. The van der Waals surface area contributed by atoms with Gasteiger partial charge in [-0.2, -0.15) is 5.10 Å². The summed E-state index contributed by atoms with van der Waals surface area (Å²) in [7, 11) is 0. The van der Waals surface area contributed by atoms with E-state index in [9.17, 15) is 0 Å². The molecule has 0 radical (unpaired) electrons. The molecule has 1 N–H and O–H groups in total. The number of nitrogens with zero attached hydrogens (tertiary/aromatic N) is 3. The van der Waals surface area contributed by atoms with Gasteiger partial charge in [-0.3, -0.25) is 5.10 Å². The molecule has 1 aromatic rings. The Kier molecular flexibility index (Phi) is 4.16. The molecule has 106 valence electrons. The van der Waals surface area contributed by atoms with Crippen molar-refractivity contribution in [3.05, 3.63) is 12.2 Å². The van der Waals surface area contributed by atoms with Gasteiger partial charge in [-0.1, -0.05) is 26.2 Å². The maximum Gasteiger partial charge on any atom is 0.137 e. The van der Waals surface area contributed by atoms with Crippen molar-refractivity contribution in [3.63, 3.8) is 0 Å². The molecule has 2 heterocycles. The molecule has 0 spiro atoms. The highest BCUT2D eigenvalue weighted by molar-refractivity contribution is 4.96. The first-order chi connectivity index (χ1) is 9.33. The average Bonchev–Trinajstić information content (AvgIpc) is 2.96. The Morgan fingerprint density at radius 3 is 2.68 bits per heavy atom. The Hall–Kier alpha value is -0.900. The molecule has 0 aromatic carbocycles. The minimum absolute atomic E-state index is 0.600. The highest BCUT2D eigenvalue weighted by Gasteiger charge is 2.27. The van der Waals surface area contributed by atoms with Gasteiger partial charge in [0.2, 0.25) is 0 Å². The van der Waals surface area contributed by atoms with Crippen LogP contribution in [0.2, 0.25) is 0 Å². The second kappa shape index (κ2) is 6.04. The summed E-state index contributed by atoms with van der Waals surface area (Å²) in [6, 6.07) is 0. The van der Waals surface area contributed by atoms with Crippen molar-refractivity contribution < 1.29 is 0 Å². The largest absolute Gasteiger partial charge is 0.303 e. The third-order valence-electron chi connectivity index (χ3n) is 5.19. The van der Waals surface area contributed by atoms with Gasteiger partial charge in [-0.05, 0) is 44.2 Å². The fourth-order valence-corrected chi connectivity index (χ4v) is 3.80. The Labute approximate surface area is 116 Å². The number of hydrogen-bond donors (Lipinski definition) is 1. The van der Waals surface area contributed by atoms with E-state index in [2.05, 4.69) is 27.0 Å². The van der Waals surface area contributed by atoms with Crippen LogP contribution in [-0.2, 0) is 0 Å². The molecular weight excluding hydrogens is 236 g/mol. The Morgan fingerprint density at radius 1 is 1.21 bits per heavy atom. The molecule has 1 saturated carbocycles. The highest BCUT2D eigenvalue weighted by Crippen LogP contribution is 2.32. The van der Waals surface area contributed by atoms with E-state index in [-0.39, 0.29) is 0 Å². The van der Waals surface area contributed by atoms with Crippen molar-refractivity contribution in [2.45, 2.75) is 51.4 Å². The summed E-state index contributed by atoms with van der Waals surface area (Å²) < 4.78 is 0. The molecule has 1 saturated heterocycles. The fraction of sp³-hybridized carbons (Fsp3) is 0.867. The lowest BCUT2D eigenvalue weighted by molar-refractivity contribution is 0.134. The van der Waals surface area contributed by atoms with Crippen LogP contribution in [0.4, 0.5) is 0 Å². The maximum atomic E-state index is 4.31. The minimum Gasteiger partial charge on any atom is -0.303 e. The van der Waals surface area contributed by atoms with E-state index in [1.807, 2.05) is 0 Å². The monoisotopic (exact) mass is 262 g/mol. The van der Waals surface area contributed by atoms with Gasteiger partial charge in [-0.25, -0.2) is 4.98 Å². The lowest BCUT2D eigenvalue weighted by Crippen LogP contribution is -2.39. The van der Waals surface area contributed by atoms with Crippen molar-refractivity contribution in [2.75, 3.05) is 19.6 Å². The Bertz CT molecular complexity index is 368. The van der Waals surface area contributed by atoms with Crippen LogP contribution in [0.1, 0.15) is 57.2 Å². The Balaban J connectivity index is 1.47. The molecule has 1 aromatic heterocycles. The van der Waals surface area contributed by atoms with Crippen LogP contribution in [0.3, 0.4) is 0 Å². The fourth-order valence-electron chi connectivity index (χ4n) is 3.80. The number of rotatable bonds is 3. The molecule has 19 heavy (non-hydrogen) atoms.